The Kier molecular flexibility index (Phi) is 7.82. The van der Waals surface area contributed by atoms with Gasteiger partial charge in [0.25, 0.3) is 0 Å². The second-order valence-corrected chi connectivity index (χ2v) is 6.06. The average molecular weight is 278 g/mol. The van der Waals surface area contributed by atoms with E-state index in [1.165, 1.54) is 5.56 Å². The van der Waals surface area contributed by atoms with Gasteiger partial charge in [0.2, 0.25) is 0 Å². The van der Waals surface area contributed by atoms with E-state index in [1.807, 2.05) is 6.07 Å². The molecule has 0 fully saturated rings. The molecule has 2 unspecified atom stereocenters. The molecule has 0 aliphatic heterocycles. The highest BCUT2D eigenvalue weighted by atomic mass is 16.5. The molecule has 1 rings (SSSR count). The van der Waals surface area contributed by atoms with E-state index in [9.17, 15) is 0 Å². The van der Waals surface area contributed by atoms with Crippen LogP contribution in [0.5, 0.6) is 0 Å². The third kappa shape index (κ3) is 6.04. The molecule has 3 heteroatoms. The quantitative estimate of drug-likeness (QED) is 0.755. The lowest BCUT2D eigenvalue weighted by Gasteiger charge is -2.30. The highest BCUT2D eigenvalue weighted by Crippen LogP contribution is 2.20. The Bertz CT molecular complexity index is 353. The second kappa shape index (κ2) is 9.11. The van der Waals surface area contributed by atoms with Crippen LogP contribution in [0.15, 0.2) is 30.3 Å². The van der Waals surface area contributed by atoms with Gasteiger partial charge in [-0.1, -0.05) is 51.1 Å². The minimum Gasteiger partial charge on any atom is -0.383 e. The van der Waals surface area contributed by atoms with Gasteiger partial charge in [0.1, 0.15) is 0 Å². The summed E-state index contributed by atoms with van der Waals surface area (Å²) in [4.78, 5) is 2.46. The number of nitrogens with two attached hydrogens (primary N) is 1. The Morgan fingerprint density at radius 2 is 1.75 bits per heavy atom. The fourth-order valence-electron chi connectivity index (χ4n) is 2.52. The maximum Gasteiger partial charge on any atom is 0.0589 e. The lowest BCUT2D eigenvalue weighted by Crippen LogP contribution is -2.37. The van der Waals surface area contributed by atoms with Gasteiger partial charge in [0.05, 0.1) is 6.61 Å². The molecule has 1 aromatic rings. The SMILES string of the molecule is COCCN(CC(C)C)CC(C)C(N)c1ccccc1. The Morgan fingerprint density at radius 3 is 2.30 bits per heavy atom. The van der Waals surface area contributed by atoms with Crippen molar-refractivity contribution in [3.05, 3.63) is 35.9 Å². The van der Waals surface area contributed by atoms with Gasteiger partial charge < -0.3 is 15.4 Å². The van der Waals surface area contributed by atoms with Crippen molar-refractivity contribution >= 4 is 0 Å². The molecule has 2 atom stereocenters. The standard InChI is InChI=1S/C17H30N2O/c1-14(2)12-19(10-11-20-4)13-15(3)17(18)16-8-6-5-7-9-16/h5-9,14-15,17H,10-13,18H2,1-4H3. The zero-order valence-corrected chi connectivity index (χ0v) is 13.4. The molecule has 0 saturated heterocycles. The van der Waals surface area contributed by atoms with Crippen molar-refractivity contribution in [1.29, 1.82) is 0 Å². The summed E-state index contributed by atoms with van der Waals surface area (Å²) < 4.78 is 5.21. The normalized spacial score (nSPS) is 14.8. The predicted molar refractivity (Wildman–Crippen MR) is 85.7 cm³/mol. The Balaban J connectivity index is 2.57. The summed E-state index contributed by atoms with van der Waals surface area (Å²) >= 11 is 0. The molecule has 0 saturated carbocycles. The third-order valence-corrected chi connectivity index (χ3v) is 3.58. The van der Waals surface area contributed by atoms with Crippen molar-refractivity contribution < 1.29 is 4.74 Å². The average Bonchev–Trinajstić information content (AvgIpc) is 2.44. The topological polar surface area (TPSA) is 38.5 Å². The van der Waals surface area contributed by atoms with E-state index < -0.39 is 0 Å². The van der Waals surface area contributed by atoms with Crippen molar-refractivity contribution in [3.63, 3.8) is 0 Å². The van der Waals surface area contributed by atoms with Crippen molar-refractivity contribution in [1.82, 2.24) is 4.90 Å². The number of hydrogen-bond acceptors (Lipinski definition) is 3. The number of nitrogens with zero attached hydrogens (tertiary/aromatic N) is 1. The molecule has 20 heavy (non-hydrogen) atoms. The molecular formula is C17H30N2O. The molecule has 0 aliphatic rings. The summed E-state index contributed by atoms with van der Waals surface area (Å²) in [7, 11) is 1.76. The number of benzene rings is 1. The molecule has 2 N–H and O–H groups in total. The minimum absolute atomic E-state index is 0.0911. The lowest BCUT2D eigenvalue weighted by atomic mass is 9.94. The first kappa shape index (κ1) is 17.2. The van der Waals surface area contributed by atoms with Gasteiger partial charge in [-0.15, -0.1) is 0 Å². The fourth-order valence-corrected chi connectivity index (χ4v) is 2.52. The first-order valence-corrected chi connectivity index (χ1v) is 7.56. The number of rotatable bonds is 9. The van der Waals surface area contributed by atoms with E-state index in [2.05, 4.69) is 49.9 Å². The van der Waals surface area contributed by atoms with Crippen LogP contribution in [-0.4, -0.2) is 38.3 Å². The molecule has 0 heterocycles. The van der Waals surface area contributed by atoms with Crippen molar-refractivity contribution in [3.8, 4) is 0 Å². The fraction of sp³-hybridized carbons (Fsp3) is 0.647. The van der Waals surface area contributed by atoms with E-state index in [1.54, 1.807) is 7.11 Å². The van der Waals surface area contributed by atoms with Crippen molar-refractivity contribution in [2.24, 2.45) is 17.6 Å². The molecule has 0 radical (unpaired) electrons. The maximum absolute atomic E-state index is 6.39. The summed E-state index contributed by atoms with van der Waals surface area (Å²) in [6, 6.07) is 10.5. The third-order valence-electron chi connectivity index (χ3n) is 3.58. The van der Waals surface area contributed by atoms with Crippen LogP contribution < -0.4 is 5.73 Å². The van der Waals surface area contributed by atoms with Crippen LogP contribution in [0, 0.1) is 11.8 Å². The summed E-state index contributed by atoms with van der Waals surface area (Å²) in [5.74, 6) is 1.08. The monoisotopic (exact) mass is 278 g/mol. The van der Waals surface area contributed by atoms with Gasteiger partial charge in [-0.2, -0.15) is 0 Å². The second-order valence-electron chi connectivity index (χ2n) is 6.06. The van der Waals surface area contributed by atoms with Crippen molar-refractivity contribution in [2.45, 2.75) is 26.8 Å². The lowest BCUT2D eigenvalue weighted by molar-refractivity contribution is 0.126. The highest BCUT2D eigenvalue weighted by Gasteiger charge is 2.18. The van der Waals surface area contributed by atoms with E-state index in [0.717, 1.165) is 26.2 Å². The molecule has 0 aliphatic carbocycles. The zero-order chi connectivity index (χ0) is 15.0. The minimum atomic E-state index is 0.0911. The van der Waals surface area contributed by atoms with Crippen LogP contribution in [-0.2, 0) is 4.74 Å². The van der Waals surface area contributed by atoms with Gasteiger partial charge in [0, 0.05) is 32.8 Å². The van der Waals surface area contributed by atoms with E-state index >= 15 is 0 Å². The van der Waals surface area contributed by atoms with Crippen LogP contribution in [0.25, 0.3) is 0 Å². The van der Waals surface area contributed by atoms with Gasteiger partial charge in [0.15, 0.2) is 0 Å². The Hall–Kier alpha value is -0.900. The molecule has 0 spiro atoms. The molecule has 0 amide bonds. The smallest absolute Gasteiger partial charge is 0.0589 e. The van der Waals surface area contributed by atoms with Crippen LogP contribution in [0.3, 0.4) is 0 Å². The van der Waals surface area contributed by atoms with Gasteiger partial charge in [-0.25, -0.2) is 0 Å². The summed E-state index contributed by atoms with van der Waals surface area (Å²) in [6.45, 7) is 10.6. The summed E-state index contributed by atoms with van der Waals surface area (Å²) in [5, 5.41) is 0. The number of hydrogen-bond donors (Lipinski definition) is 1. The van der Waals surface area contributed by atoms with Gasteiger partial charge in [-0.3, -0.25) is 0 Å². The van der Waals surface area contributed by atoms with Gasteiger partial charge >= 0.3 is 0 Å². The summed E-state index contributed by atoms with van der Waals surface area (Å²) in [6.07, 6.45) is 0. The summed E-state index contributed by atoms with van der Waals surface area (Å²) in [5.41, 5.74) is 7.61. The van der Waals surface area contributed by atoms with Crippen LogP contribution in [0.4, 0.5) is 0 Å². The number of methoxy groups -OCH3 is 1. The molecule has 1 aromatic carbocycles. The number of ether oxygens (including phenoxy) is 1. The van der Waals surface area contributed by atoms with Crippen LogP contribution in [0.1, 0.15) is 32.4 Å². The van der Waals surface area contributed by atoms with E-state index in [4.69, 9.17) is 10.5 Å². The first-order chi connectivity index (χ1) is 9.54. The molecule has 114 valence electrons. The maximum atomic E-state index is 6.39. The van der Waals surface area contributed by atoms with Crippen molar-refractivity contribution in [2.75, 3.05) is 33.4 Å². The molecule has 0 aromatic heterocycles. The van der Waals surface area contributed by atoms with E-state index in [0.29, 0.717) is 11.8 Å². The highest BCUT2D eigenvalue weighted by molar-refractivity contribution is 5.19. The Labute approximate surface area is 124 Å². The Morgan fingerprint density at radius 1 is 1.10 bits per heavy atom. The van der Waals surface area contributed by atoms with Crippen LogP contribution >= 0.6 is 0 Å². The van der Waals surface area contributed by atoms with E-state index in [-0.39, 0.29) is 6.04 Å². The molecular weight excluding hydrogens is 248 g/mol. The largest absolute Gasteiger partial charge is 0.383 e. The molecule has 3 nitrogen and oxygen atoms in total. The van der Waals surface area contributed by atoms with Gasteiger partial charge in [-0.05, 0) is 17.4 Å². The predicted octanol–water partition coefficient (Wildman–Crippen LogP) is 2.93. The molecule has 0 bridgehead atoms. The van der Waals surface area contributed by atoms with Crippen LogP contribution in [0.2, 0.25) is 0 Å². The first-order valence-electron chi connectivity index (χ1n) is 7.56. The zero-order valence-electron chi connectivity index (χ0n) is 13.4.